The molecule has 0 saturated carbocycles. The lowest BCUT2D eigenvalue weighted by atomic mass is 9.97. The van der Waals surface area contributed by atoms with Gasteiger partial charge in [0.15, 0.2) is 0 Å². The minimum Gasteiger partial charge on any atom is -0.443 e. The standard InChI is InChI=1S/C29H25NO2/c1-29(2,3)32-28(31)30-26-14-7-5-10-23(26)19-27(30)22-17-15-21(16-18-22)25-13-8-11-20-9-4-6-12-24(20)25/h4-19H,1-3H3. The Bertz CT molecular complexity index is 1430. The van der Waals surface area contributed by atoms with Crippen LogP contribution in [-0.2, 0) is 4.74 Å². The highest BCUT2D eigenvalue weighted by atomic mass is 16.6. The second-order valence-corrected chi connectivity index (χ2v) is 9.01. The lowest BCUT2D eigenvalue weighted by Gasteiger charge is -2.21. The summed E-state index contributed by atoms with van der Waals surface area (Å²) < 4.78 is 7.39. The number of hydrogen-bond donors (Lipinski definition) is 0. The average Bonchev–Trinajstić information content (AvgIpc) is 3.17. The van der Waals surface area contributed by atoms with E-state index in [4.69, 9.17) is 4.74 Å². The van der Waals surface area contributed by atoms with Crippen molar-refractivity contribution in [3.05, 3.63) is 97.1 Å². The molecule has 1 aromatic heterocycles. The second kappa shape index (κ2) is 7.69. The van der Waals surface area contributed by atoms with Crippen LogP contribution in [0.25, 0.3) is 44.1 Å². The zero-order valence-corrected chi connectivity index (χ0v) is 18.5. The van der Waals surface area contributed by atoms with Gasteiger partial charge in [0.05, 0.1) is 11.2 Å². The topological polar surface area (TPSA) is 31.2 Å². The van der Waals surface area contributed by atoms with Gasteiger partial charge in [-0.1, -0.05) is 84.9 Å². The number of nitrogens with zero attached hydrogens (tertiary/aromatic N) is 1. The van der Waals surface area contributed by atoms with E-state index in [2.05, 4.69) is 66.7 Å². The maximum atomic E-state index is 13.1. The van der Waals surface area contributed by atoms with Crippen LogP contribution in [0.3, 0.4) is 0 Å². The second-order valence-electron chi connectivity index (χ2n) is 9.01. The van der Waals surface area contributed by atoms with Crippen LogP contribution in [0.5, 0.6) is 0 Å². The molecule has 3 heteroatoms. The van der Waals surface area contributed by atoms with Gasteiger partial charge in [0.25, 0.3) is 0 Å². The highest BCUT2D eigenvalue weighted by Crippen LogP contribution is 2.33. The van der Waals surface area contributed by atoms with Gasteiger partial charge in [-0.3, -0.25) is 0 Å². The first-order chi connectivity index (χ1) is 15.4. The van der Waals surface area contributed by atoms with E-state index >= 15 is 0 Å². The van der Waals surface area contributed by atoms with Crippen molar-refractivity contribution in [1.29, 1.82) is 0 Å². The van der Waals surface area contributed by atoms with Crippen molar-refractivity contribution in [2.24, 2.45) is 0 Å². The Morgan fingerprint density at radius 1 is 0.719 bits per heavy atom. The fourth-order valence-electron chi connectivity index (χ4n) is 4.17. The molecule has 5 rings (SSSR count). The molecule has 0 aliphatic heterocycles. The molecule has 0 aliphatic rings. The van der Waals surface area contributed by atoms with Gasteiger partial charge in [-0.15, -0.1) is 0 Å². The highest BCUT2D eigenvalue weighted by molar-refractivity contribution is 5.98. The molecule has 0 saturated heterocycles. The lowest BCUT2D eigenvalue weighted by molar-refractivity contribution is 0.0547. The van der Waals surface area contributed by atoms with Crippen LogP contribution in [0, 0.1) is 0 Å². The van der Waals surface area contributed by atoms with Crippen molar-refractivity contribution in [1.82, 2.24) is 4.57 Å². The number of hydrogen-bond acceptors (Lipinski definition) is 2. The minimum atomic E-state index is -0.571. The monoisotopic (exact) mass is 419 g/mol. The van der Waals surface area contributed by atoms with E-state index in [9.17, 15) is 4.79 Å². The van der Waals surface area contributed by atoms with Crippen molar-refractivity contribution in [3.8, 4) is 22.4 Å². The van der Waals surface area contributed by atoms with Gasteiger partial charge in [0, 0.05) is 5.39 Å². The molecule has 0 spiro atoms. The molecule has 32 heavy (non-hydrogen) atoms. The van der Waals surface area contributed by atoms with Crippen LogP contribution in [0.4, 0.5) is 4.79 Å². The predicted octanol–water partition coefficient (Wildman–Crippen LogP) is 7.91. The van der Waals surface area contributed by atoms with E-state index < -0.39 is 5.60 Å². The average molecular weight is 420 g/mol. The third-order valence-electron chi connectivity index (χ3n) is 5.57. The summed E-state index contributed by atoms with van der Waals surface area (Å²) in [6.45, 7) is 5.65. The molecular weight excluding hydrogens is 394 g/mol. The van der Waals surface area contributed by atoms with E-state index in [0.29, 0.717) is 0 Å². The fraction of sp³-hybridized carbons (Fsp3) is 0.138. The predicted molar refractivity (Wildman–Crippen MR) is 132 cm³/mol. The summed E-state index contributed by atoms with van der Waals surface area (Å²) in [5, 5.41) is 3.45. The van der Waals surface area contributed by atoms with Crippen molar-refractivity contribution in [2.45, 2.75) is 26.4 Å². The van der Waals surface area contributed by atoms with E-state index in [1.54, 1.807) is 4.57 Å². The van der Waals surface area contributed by atoms with Crippen molar-refractivity contribution in [2.75, 3.05) is 0 Å². The van der Waals surface area contributed by atoms with E-state index in [-0.39, 0.29) is 6.09 Å². The number of aromatic nitrogens is 1. The quantitative estimate of drug-likeness (QED) is 0.291. The Labute approximate surface area is 187 Å². The SMILES string of the molecule is CC(C)(C)OC(=O)n1c(-c2ccc(-c3cccc4ccccc34)cc2)cc2ccccc21. The van der Waals surface area contributed by atoms with Gasteiger partial charge in [0.2, 0.25) is 0 Å². The van der Waals surface area contributed by atoms with Crippen LogP contribution in [0.2, 0.25) is 0 Å². The number of benzene rings is 4. The summed E-state index contributed by atoms with van der Waals surface area (Å²) in [7, 11) is 0. The van der Waals surface area contributed by atoms with Gasteiger partial charge in [-0.25, -0.2) is 9.36 Å². The molecule has 1 heterocycles. The lowest BCUT2D eigenvalue weighted by Crippen LogP contribution is -2.27. The molecule has 4 aromatic carbocycles. The number of ether oxygens (including phenoxy) is 1. The van der Waals surface area contributed by atoms with Crippen LogP contribution in [0.1, 0.15) is 20.8 Å². The Kier molecular flexibility index (Phi) is 4.82. The van der Waals surface area contributed by atoms with E-state index in [0.717, 1.165) is 27.7 Å². The van der Waals surface area contributed by atoms with Crippen LogP contribution in [0.15, 0.2) is 97.1 Å². The zero-order chi connectivity index (χ0) is 22.3. The molecule has 0 bridgehead atoms. The third kappa shape index (κ3) is 3.67. The van der Waals surface area contributed by atoms with E-state index in [1.807, 2.05) is 51.1 Å². The summed E-state index contributed by atoms with van der Waals surface area (Å²) in [5.41, 5.74) is 4.40. The molecule has 0 aliphatic carbocycles. The Hall–Kier alpha value is -3.85. The summed E-state index contributed by atoms with van der Waals surface area (Å²) in [5.74, 6) is 0. The summed E-state index contributed by atoms with van der Waals surface area (Å²) in [6.07, 6.45) is -0.369. The van der Waals surface area contributed by atoms with Gasteiger partial charge in [-0.05, 0) is 60.4 Å². The first-order valence-corrected chi connectivity index (χ1v) is 10.8. The first-order valence-electron chi connectivity index (χ1n) is 10.8. The third-order valence-corrected chi connectivity index (χ3v) is 5.57. The maximum Gasteiger partial charge on any atom is 0.419 e. The van der Waals surface area contributed by atoms with Gasteiger partial charge in [0.1, 0.15) is 5.60 Å². The molecule has 3 nitrogen and oxygen atoms in total. The smallest absolute Gasteiger partial charge is 0.419 e. The number of para-hydroxylation sites is 1. The summed E-state index contributed by atoms with van der Waals surface area (Å²) >= 11 is 0. The number of carbonyl (C=O) groups excluding carboxylic acids is 1. The van der Waals surface area contributed by atoms with Gasteiger partial charge >= 0.3 is 6.09 Å². The molecule has 0 radical (unpaired) electrons. The summed E-state index contributed by atoms with van der Waals surface area (Å²) in [6, 6.07) is 33.1. The summed E-state index contributed by atoms with van der Waals surface area (Å²) in [4.78, 5) is 13.1. The zero-order valence-electron chi connectivity index (χ0n) is 18.5. The Balaban J connectivity index is 1.61. The largest absolute Gasteiger partial charge is 0.443 e. The highest BCUT2D eigenvalue weighted by Gasteiger charge is 2.22. The Morgan fingerprint density at radius 3 is 2.09 bits per heavy atom. The number of fused-ring (bicyclic) bond motifs is 2. The molecule has 0 fully saturated rings. The van der Waals surface area contributed by atoms with Crippen LogP contribution < -0.4 is 0 Å². The molecule has 0 amide bonds. The van der Waals surface area contributed by atoms with Crippen molar-refractivity contribution in [3.63, 3.8) is 0 Å². The van der Waals surface area contributed by atoms with Crippen molar-refractivity contribution >= 4 is 27.8 Å². The Morgan fingerprint density at radius 2 is 1.34 bits per heavy atom. The first kappa shape index (κ1) is 20.1. The maximum absolute atomic E-state index is 13.1. The molecule has 0 N–H and O–H groups in total. The van der Waals surface area contributed by atoms with Gasteiger partial charge in [-0.2, -0.15) is 0 Å². The molecule has 0 atom stereocenters. The number of carbonyl (C=O) groups is 1. The van der Waals surface area contributed by atoms with Crippen molar-refractivity contribution < 1.29 is 9.53 Å². The molecule has 0 unspecified atom stereocenters. The van der Waals surface area contributed by atoms with Crippen LogP contribution in [-0.4, -0.2) is 16.3 Å². The molecule has 158 valence electrons. The fourth-order valence-corrected chi connectivity index (χ4v) is 4.17. The molecular formula is C29H25NO2. The normalized spacial score (nSPS) is 11.7. The van der Waals surface area contributed by atoms with Gasteiger partial charge < -0.3 is 4.74 Å². The minimum absolute atomic E-state index is 0.369. The van der Waals surface area contributed by atoms with Crippen LogP contribution >= 0.6 is 0 Å². The number of rotatable bonds is 2. The van der Waals surface area contributed by atoms with E-state index in [1.165, 1.54) is 16.3 Å². The molecule has 5 aromatic rings.